The van der Waals surface area contributed by atoms with Crippen molar-refractivity contribution < 1.29 is 13.5 Å². The Morgan fingerprint density at radius 1 is 1.06 bits per heavy atom. The first-order valence-electron chi connectivity index (χ1n) is 6.35. The second-order valence-electron chi connectivity index (χ2n) is 5.46. The molecule has 1 atom stereocenters. The van der Waals surface area contributed by atoms with Gasteiger partial charge in [-0.25, -0.2) is 8.78 Å². The summed E-state index contributed by atoms with van der Waals surface area (Å²) in [6, 6.07) is 0. The molecule has 3 rings (SSSR count). The predicted molar refractivity (Wildman–Crippen MR) is 56.5 cm³/mol. The van der Waals surface area contributed by atoms with Gasteiger partial charge in [0, 0.05) is 24.5 Å². The Hall–Kier alpha value is -0.220. The van der Waals surface area contributed by atoms with Crippen LogP contribution < -0.4 is 5.32 Å². The third kappa shape index (κ3) is 1.35. The Morgan fingerprint density at radius 3 is 2.31 bits per heavy atom. The van der Waals surface area contributed by atoms with Gasteiger partial charge in [-0.15, -0.1) is 0 Å². The molecule has 1 N–H and O–H groups in total. The van der Waals surface area contributed by atoms with E-state index in [1.165, 1.54) is 0 Å². The summed E-state index contributed by atoms with van der Waals surface area (Å²) in [6.45, 7) is 2.86. The molecule has 0 bridgehead atoms. The summed E-state index contributed by atoms with van der Waals surface area (Å²) >= 11 is 0. The molecule has 2 heterocycles. The lowest BCUT2D eigenvalue weighted by atomic mass is 9.84. The Bertz CT molecular complexity index is 270. The maximum Gasteiger partial charge on any atom is 0.258 e. The van der Waals surface area contributed by atoms with Gasteiger partial charge in [0.25, 0.3) is 5.92 Å². The number of piperidine rings is 1. The number of ether oxygens (including phenoxy) is 1. The van der Waals surface area contributed by atoms with E-state index in [-0.39, 0.29) is 11.8 Å². The van der Waals surface area contributed by atoms with E-state index in [0.717, 1.165) is 25.9 Å². The van der Waals surface area contributed by atoms with Gasteiger partial charge in [0.2, 0.25) is 0 Å². The Morgan fingerprint density at radius 2 is 1.69 bits per heavy atom. The molecular weight excluding hydrogens is 212 g/mol. The van der Waals surface area contributed by atoms with Gasteiger partial charge < -0.3 is 10.1 Å². The number of rotatable bonds is 1. The fourth-order valence-electron chi connectivity index (χ4n) is 3.85. The molecule has 92 valence electrons. The molecule has 1 saturated carbocycles. The van der Waals surface area contributed by atoms with Crippen LogP contribution in [0, 0.1) is 17.3 Å². The van der Waals surface area contributed by atoms with Crippen LogP contribution in [-0.2, 0) is 4.74 Å². The average molecular weight is 231 g/mol. The van der Waals surface area contributed by atoms with Crippen LogP contribution in [-0.4, -0.2) is 32.2 Å². The van der Waals surface area contributed by atoms with Crippen molar-refractivity contribution in [2.45, 2.75) is 31.6 Å². The SMILES string of the molecule is FC1(F)[C@H](C2CCOCC2)C12CCNCC2. The molecule has 2 saturated heterocycles. The van der Waals surface area contributed by atoms with Gasteiger partial charge in [0.15, 0.2) is 0 Å². The molecular formula is C12H19F2NO. The van der Waals surface area contributed by atoms with Crippen LogP contribution in [0.15, 0.2) is 0 Å². The predicted octanol–water partition coefficient (Wildman–Crippen LogP) is 2.05. The molecule has 4 heteroatoms. The van der Waals surface area contributed by atoms with Gasteiger partial charge >= 0.3 is 0 Å². The highest BCUT2D eigenvalue weighted by Gasteiger charge is 2.80. The van der Waals surface area contributed by atoms with Crippen LogP contribution in [0.3, 0.4) is 0 Å². The lowest BCUT2D eigenvalue weighted by Gasteiger charge is -2.26. The molecule has 3 aliphatic rings. The molecule has 0 aromatic rings. The maximum atomic E-state index is 14.1. The molecule has 2 nitrogen and oxygen atoms in total. The first kappa shape index (κ1) is 10.9. The lowest BCUT2D eigenvalue weighted by molar-refractivity contribution is 0.0239. The van der Waals surface area contributed by atoms with Gasteiger partial charge in [-0.05, 0) is 44.7 Å². The minimum Gasteiger partial charge on any atom is -0.381 e. The molecule has 2 aliphatic heterocycles. The van der Waals surface area contributed by atoms with E-state index < -0.39 is 11.3 Å². The molecule has 0 amide bonds. The third-order valence-corrected chi connectivity index (χ3v) is 4.80. The third-order valence-electron chi connectivity index (χ3n) is 4.80. The van der Waals surface area contributed by atoms with Crippen LogP contribution in [0.2, 0.25) is 0 Å². The van der Waals surface area contributed by atoms with Crippen molar-refractivity contribution in [3.63, 3.8) is 0 Å². The highest BCUT2D eigenvalue weighted by atomic mass is 19.3. The fraction of sp³-hybridized carbons (Fsp3) is 1.00. The standard InChI is InChI=1S/C12H19F2NO/c13-12(14)10(9-1-7-16-8-2-9)11(12)3-5-15-6-4-11/h9-10,15H,1-8H2/t10-/m1/s1. The van der Waals surface area contributed by atoms with Crippen molar-refractivity contribution in [3.8, 4) is 0 Å². The van der Waals surface area contributed by atoms with E-state index in [1.54, 1.807) is 0 Å². The smallest absolute Gasteiger partial charge is 0.258 e. The van der Waals surface area contributed by atoms with Crippen molar-refractivity contribution in [2.75, 3.05) is 26.3 Å². The van der Waals surface area contributed by atoms with Gasteiger partial charge in [0.1, 0.15) is 0 Å². The Labute approximate surface area is 94.7 Å². The van der Waals surface area contributed by atoms with Gasteiger partial charge in [-0.3, -0.25) is 0 Å². The monoisotopic (exact) mass is 231 g/mol. The summed E-state index contributed by atoms with van der Waals surface area (Å²) in [4.78, 5) is 0. The van der Waals surface area contributed by atoms with Crippen LogP contribution >= 0.6 is 0 Å². The van der Waals surface area contributed by atoms with Gasteiger partial charge in [-0.1, -0.05) is 0 Å². The van der Waals surface area contributed by atoms with Crippen LogP contribution in [0.1, 0.15) is 25.7 Å². The van der Waals surface area contributed by atoms with E-state index in [0.29, 0.717) is 26.1 Å². The van der Waals surface area contributed by atoms with Crippen molar-refractivity contribution in [2.24, 2.45) is 17.3 Å². The molecule has 3 fully saturated rings. The zero-order valence-electron chi connectivity index (χ0n) is 9.48. The number of hydrogen-bond donors (Lipinski definition) is 1. The van der Waals surface area contributed by atoms with E-state index in [9.17, 15) is 8.78 Å². The minimum absolute atomic E-state index is 0.196. The Balaban J connectivity index is 1.75. The molecule has 0 aromatic heterocycles. The van der Waals surface area contributed by atoms with Crippen LogP contribution in [0.4, 0.5) is 8.78 Å². The van der Waals surface area contributed by atoms with E-state index >= 15 is 0 Å². The second kappa shape index (κ2) is 3.64. The zero-order valence-corrected chi connectivity index (χ0v) is 9.48. The number of nitrogens with one attached hydrogen (secondary N) is 1. The zero-order chi connectivity index (χ0) is 11.2. The van der Waals surface area contributed by atoms with Crippen LogP contribution in [0.5, 0.6) is 0 Å². The molecule has 1 spiro atoms. The molecule has 0 aromatic carbocycles. The summed E-state index contributed by atoms with van der Waals surface area (Å²) in [7, 11) is 0. The summed E-state index contributed by atoms with van der Waals surface area (Å²) in [5.41, 5.74) is -0.653. The van der Waals surface area contributed by atoms with Gasteiger partial charge in [0.05, 0.1) is 0 Å². The summed E-state index contributed by atoms with van der Waals surface area (Å²) in [5, 5.41) is 3.18. The largest absolute Gasteiger partial charge is 0.381 e. The summed E-state index contributed by atoms with van der Waals surface area (Å²) in [5.74, 6) is -2.57. The number of alkyl halides is 2. The fourth-order valence-corrected chi connectivity index (χ4v) is 3.85. The first-order chi connectivity index (χ1) is 7.68. The number of hydrogen-bond acceptors (Lipinski definition) is 2. The summed E-state index contributed by atoms with van der Waals surface area (Å²) in [6.07, 6.45) is 2.97. The van der Waals surface area contributed by atoms with E-state index in [2.05, 4.69) is 5.32 Å². The van der Waals surface area contributed by atoms with Crippen molar-refractivity contribution in [1.82, 2.24) is 5.32 Å². The van der Waals surface area contributed by atoms with Crippen molar-refractivity contribution in [3.05, 3.63) is 0 Å². The molecule has 16 heavy (non-hydrogen) atoms. The number of halogens is 2. The second-order valence-corrected chi connectivity index (χ2v) is 5.46. The van der Waals surface area contributed by atoms with Crippen molar-refractivity contribution in [1.29, 1.82) is 0 Å². The summed E-state index contributed by atoms with van der Waals surface area (Å²) < 4.78 is 33.4. The van der Waals surface area contributed by atoms with Gasteiger partial charge in [-0.2, -0.15) is 0 Å². The highest BCUT2D eigenvalue weighted by Crippen LogP contribution is 2.73. The quantitative estimate of drug-likeness (QED) is 0.745. The van der Waals surface area contributed by atoms with Crippen molar-refractivity contribution >= 4 is 0 Å². The minimum atomic E-state index is -2.41. The normalized spacial score (nSPS) is 37.5. The molecule has 0 radical (unpaired) electrons. The highest BCUT2D eigenvalue weighted by molar-refractivity contribution is 5.20. The topological polar surface area (TPSA) is 21.3 Å². The van der Waals surface area contributed by atoms with E-state index in [4.69, 9.17) is 4.74 Å². The molecule has 0 unspecified atom stereocenters. The Kier molecular flexibility index (Phi) is 2.48. The van der Waals surface area contributed by atoms with Crippen LogP contribution in [0.25, 0.3) is 0 Å². The molecule has 1 aliphatic carbocycles. The first-order valence-corrected chi connectivity index (χ1v) is 6.35. The van der Waals surface area contributed by atoms with E-state index in [1.807, 2.05) is 0 Å². The lowest BCUT2D eigenvalue weighted by Crippen LogP contribution is -2.32. The average Bonchev–Trinajstić information content (AvgIpc) is 2.76. The maximum absolute atomic E-state index is 14.1.